The Morgan fingerprint density at radius 2 is 2.00 bits per heavy atom. The summed E-state index contributed by atoms with van der Waals surface area (Å²) < 4.78 is 32.0. The molecule has 19 heavy (non-hydrogen) atoms. The number of rotatable bonds is 4. The lowest BCUT2D eigenvalue weighted by Crippen LogP contribution is -2.53. The van der Waals surface area contributed by atoms with Crippen molar-refractivity contribution in [3.05, 3.63) is 0 Å². The quantitative estimate of drug-likeness (QED) is 0.838. The van der Waals surface area contributed by atoms with E-state index in [1.165, 1.54) is 0 Å². The third kappa shape index (κ3) is 3.90. The van der Waals surface area contributed by atoms with Gasteiger partial charge in [0.25, 0.3) is 0 Å². The van der Waals surface area contributed by atoms with Crippen molar-refractivity contribution in [2.24, 2.45) is 0 Å². The van der Waals surface area contributed by atoms with Gasteiger partial charge in [-0.25, -0.2) is 8.42 Å². The van der Waals surface area contributed by atoms with Crippen molar-refractivity contribution in [2.45, 2.75) is 56.9 Å². The fourth-order valence-electron chi connectivity index (χ4n) is 2.35. The molecular formula is C13H26N2O3S. The van der Waals surface area contributed by atoms with Gasteiger partial charge in [0.2, 0.25) is 10.0 Å². The van der Waals surface area contributed by atoms with E-state index in [0.717, 1.165) is 19.3 Å². The average Bonchev–Trinajstić information content (AvgIpc) is 2.23. The lowest BCUT2D eigenvalue weighted by Gasteiger charge is -2.37. The molecule has 112 valence electrons. The van der Waals surface area contributed by atoms with Gasteiger partial charge < -0.3 is 10.1 Å². The first-order valence-electron chi connectivity index (χ1n) is 7.14. The maximum absolute atomic E-state index is 12.4. The molecule has 1 saturated heterocycles. The summed E-state index contributed by atoms with van der Waals surface area (Å²) in [6, 6.07) is 0. The van der Waals surface area contributed by atoms with Gasteiger partial charge in [-0.1, -0.05) is 6.42 Å². The zero-order chi connectivity index (χ0) is 14.1. The number of morpholine rings is 1. The predicted molar refractivity (Wildman–Crippen MR) is 75.6 cm³/mol. The monoisotopic (exact) mass is 290 g/mol. The van der Waals surface area contributed by atoms with Gasteiger partial charge in [0.05, 0.1) is 18.0 Å². The smallest absolute Gasteiger partial charge is 0.217 e. The van der Waals surface area contributed by atoms with Crippen LogP contribution in [0.3, 0.4) is 0 Å². The molecule has 0 aromatic rings. The minimum absolute atomic E-state index is 0.0263. The Bertz CT molecular complexity index is 399. The second-order valence-corrected chi connectivity index (χ2v) is 8.79. The molecule has 1 N–H and O–H groups in total. The van der Waals surface area contributed by atoms with Crippen LogP contribution in [-0.2, 0) is 14.8 Å². The average molecular weight is 290 g/mol. The van der Waals surface area contributed by atoms with Crippen LogP contribution < -0.4 is 5.32 Å². The van der Waals surface area contributed by atoms with E-state index in [-0.39, 0.29) is 16.9 Å². The fourth-order valence-corrected chi connectivity index (χ4v) is 4.40. The molecule has 0 aromatic carbocycles. The van der Waals surface area contributed by atoms with Crippen molar-refractivity contribution in [3.8, 4) is 0 Å². The number of hydrogen-bond acceptors (Lipinski definition) is 4. The Morgan fingerprint density at radius 3 is 2.53 bits per heavy atom. The maximum Gasteiger partial charge on any atom is 0.217 e. The first-order valence-corrected chi connectivity index (χ1v) is 8.65. The molecule has 0 spiro atoms. The summed E-state index contributed by atoms with van der Waals surface area (Å²) in [6.45, 7) is 8.48. The zero-order valence-corrected chi connectivity index (χ0v) is 13.0. The molecule has 6 heteroatoms. The van der Waals surface area contributed by atoms with Crippen molar-refractivity contribution in [1.82, 2.24) is 9.62 Å². The predicted octanol–water partition coefficient (Wildman–Crippen LogP) is 0.958. The Kier molecular flexibility index (Phi) is 4.55. The van der Waals surface area contributed by atoms with Crippen LogP contribution in [-0.4, -0.2) is 55.9 Å². The highest BCUT2D eigenvalue weighted by molar-refractivity contribution is 7.89. The lowest BCUT2D eigenvalue weighted by molar-refractivity contribution is -0.00352. The highest BCUT2D eigenvalue weighted by Crippen LogP contribution is 2.29. The van der Waals surface area contributed by atoms with E-state index >= 15 is 0 Å². The van der Waals surface area contributed by atoms with Gasteiger partial charge in [0, 0.05) is 25.2 Å². The van der Waals surface area contributed by atoms with Crippen molar-refractivity contribution in [3.63, 3.8) is 0 Å². The molecule has 1 saturated carbocycles. The van der Waals surface area contributed by atoms with Crippen LogP contribution in [0.2, 0.25) is 0 Å². The van der Waals surface area contributed by atoms with E-state index in [4.69, 9.17) is 4.74 Å². The number of nitrogens with one attached hydrogen (secondary N) is 1. The van der Waals surface area contributed by atoms with Crippen LogP contribution in [0.1, 0.15) is 40.0 Å². The van der Waals surface area contributed by atoms with E-state index in [9.17, 15) is 8.42 Å². The van der Waals surface area contributed by atoms with Crippen molar-refractivity contribution < 1.29 is 13.2 Å². The van der Waals surface area contributed by atoms with Gasteiger partial charge in [0.1, 0.15) is 0 Å². The standard InChI is InChI=1S/C13H26N2O3S/c1-13(2,3)14-9-11-10-15(7-8-18-11)19(16,17)12-5-4-6-12/h11-12,14H,4-10H2,1-3H3/t11-/m1/s1. The van der Waals surface area contributed by atoms with Crippen molar-refractivity contribution >= 4 is 10.0 Å². The highest BCUT2D eigenvalue weighted by atomic mass is 32.2. The van der Waals surface area contributed by atoms with Crippen LogP contribution >= 0.6 is 0 Å². The SMILES string of the molecule is CC(C)(C)NC[C@@H]1CN(S(=O)(=O)C2CCC2)CCO1. The van der Waals surface area contributed by atoms with Gasteiger partial charge >= 0.3 is 0 Å². The number of hydrogen-bond donors (Lipinski definition) is 1. The molecule has 1 heterocycles. The first kappa shape index (κ1) is 15.2. The van der Waals surface area contributed by atoms with E-state index in [2.05, 4.69) is 26.1 Å². The molecule has 1 aliphatic carbocycles. The molecular weight excluding hydrogens is 264 g/mol. The van der Waals surface area contributed by atoms with E-state index in [1.807, 2.05) is 0 Å². The summed E-state index contributed by atoms with van der Waals surface area (Å²) in [7, 11) is -3.09. The second-order valence-electron chi connectivity index (χ2n) is 6.58. The summed E-state index contributed by atoms with van der Waals surface area (Å²) in [5.41, 5.74) is 0.0263. The molecule has 0 bridgehead atoms. The summed E-state index contributed by atoms with van der Waals surface area (Å²) in [5.74, 6) is 0. The van der Waals surface area contributed by atoms with Crippen LogP contribution in [0.4, 0.5) is 0 Å². The van der Waals surface area contributed by atoms with Crippen LogP contribution in [0.15, 0.2) is 0 Å². The fraction of sp³-hybridized carbons (Fsp3) is 1.00. The molecule has 2 rings (SSSR count). The molecule has 1 aliphatic heterocycles. The van der Waals surface area contributed by atoms with Gasteiger partial charge in [0.15, 0.2) is 0 Å². The summed E-state index contributed by atoms with van der Waals surface area (Å²) in [4.78, 5) is 0. The largest absolute Gasteiger partial charge is 0.374 e. The van der Waals surface area contributed by atoms with Crippen LogP contribution in [0.5, 0.6) is 0 Å². The summed E-state index contributed by atoms with van der Waals surface area (Å²) >= 11 is 0. The zero-order valence-electron chi connectivity index (χ0n) is 12.2. The molecule has 0 unspecified atom stereocenters. The normalized spacial score (nSPS) is 27.2. The third-order valence-corrected chi connectivity index (χ3v) is 6.16. The van der Waals surface area contributed by atoms with E-state index in [1.54, 1.807) is 4.31 Å². The third-order valence-electron chi connectivity index (χ3n) is 3.79. The van der Waals surface area contributed by atoms with Crippen LogP contribution in [0.25, 0.3) is 0 Å². The second kappa shape index (κ2) is 5.68. The Morgan fingerprint density at radius 1 is 1.32 bits per heavy atom. The van der Waals surface area contributed by atoms with Gasteiger partial charge in [-0.3, -0.25) is 0 Å². The van der Waals surface area contributed by atoms with Gasteiger partial charge in [-0.15, -0.1) is 0 Å². The summed E-state index contributed by atoms with van der Waals surface area (Å²) in [6.07, 6.45) is 2.65. The number of sulfonamides is 1. The Labute approximate surface area is 116 Å². The lowest BCUT2D eigenvalue weighted by atomic mass is 10.0. The van der Waals surface area contributed by atoms with E-state index < -0.39 is 10.0 Å². The van der Waals surface area contributed by atoms with Crippen molar-refractivity contribution in [2.75, 3.05) is 26.2 Å². The van der Waals surface area contributed by atoms with Gasteiger partial charge in [-0.2, -0.15) is 4.31 Å². The number of ether oxygens (including phenoxy) is 1. The first-order chi connectivity index (χ1) is 8.79. The van der Waals surface area contributed by atoms with Gasteiger partial charge in [-0.05, 0) is 33.6 Å². The molecule has 2 aliphatic rings. The minimum Gasteiger partial charge on any atom is -0.374 e. The topological polar surface area (TPSA) is 58.6 Å². The van der Waals surface area contributed by atoms with Crippen molar-refractivity contribution in [1.29, 1.82) is 0 Å². The molecule has 0 radical (unpaired) electrons. The maximum atomic E-state index is 12.4. The summed E-state index contributed by atoms with van der Waals surface area (Å²) in [5, 5.41) is 3.24. The van der Waals surface area contributed by atoms with E-state index in [0.29, 0.717) is 26.2 Å². The Balaban J connectivity index is 1.90. The molecule has 0 aromatic heterocycles. The van der Waals surface area contributed by atoms with Crippen LogP contribution in [0, 0.1) is 0 Å². The molecule has 2 fully saturated rings. The minimum atomic E-state index is -3.09. The molecule has 1 atom stereocenters. The Hall–Kier alpha value is -0.170. The highest BCUT2D eigenvalue weighted by Gasteiger charge is 2.38. The molecule has 5 nitrogen and oxygen atoms in total. The number of nitrogens with zero attached hydrogens (tertiary/aromatic N) is 1. The molecule has 0 amide bonds.